The largest absolute Gasteiger partial charge is 0.414 e. The van der Waals surface area contributed by atoms with Crippen molar-refractivity contribution in [3.05, 3.63) is 36.5 Å². The third kappa shape index (κ3) is 3.74. The van der Waals surface area contributed by atoms with E-state index in [1.807, 2.05) is 30.3 Å². The van der Waals surface area contributed by atoms with Crippen LogP contribution in [0.3, 0.4) is 0 Å². The van der Waals surface area contributed by atoms with Gasteiger partial charge in [-0.3, -0.25) is 4.90 Å². The Morgan fingerprint density at radius 2 is 1.78 bits per heavy atom. The summed E-state index contributed by atoms with van der Waals surface area (Å²) in [5, 5.41) is 17.2. The summed E-state index contributed by atoms with van der Waals surface area (Å²) in [4.78, 5) is 13.2. The molecule has 9 nitrogen and oxygen atoms in total. The highest BCUT2D eigenvalue weighted by Crippen LogP contribution is 2.27. The van der Waals surface area contributed by atoms with Crippen molar-refractivity contribution in [3.8, 4) is 23.0 Å². The summed E-state index contributed by atoms with van der Waals surface area (Å²) < 4.78 is 5.77. The molecule has 1 aliphatic heterocycles. The van der Waals surface area contributed by atoms with Gasteiger partial charge in [0.25, 0.3) is 5.89 Å². The van der Waals surface area contributed by atoms with Gasteiger partial charge >= 0.3 is 0 Å². The second kappa shape index (κ2) is 7.68. The smallest absolute Gasteiger partial charge is 0.270 e. The lowest BCUT2D eigenvalue weighted by Crippen LogP contribution is -2.47. The number of β-amino-alcohol motifs (C(OH)–C–C–N with tert-alkyl or cyclic N) is 1. The summed E-state index contributed by atoms with van der Waals surface area (Å²) in [6, 6.07) is 9.53. The molecule has 0 aliphatic carbocycles. The lowest BCUT2D eigenvalue weighted by molar-refractivity contribution is 0.188. The topological polar surface area (TPSA) is 117 Å². The van der Waals surface area contributed by atoms with Crippen molar-refractivity contribution in [1.29, 1.82) is 0 Å². The van der Waals surface area contributed by atoms with Gasteiger partial charge < -0.3 is 20.2 Å². The number of anilines is 2. The van der Waals surface area contributed by atoms with E-state index in [2.05, 4.69) is 30.0 Å². The number of hydrogen-bond acceptors (Lipinski definition) is 9. The summed E-state index contributed by atoms with van der Waals surface area (Å²) >= 11 is 0. The molecular formula is C18H21N7O2. The highest BCUT2D eigenvalue weighted by Gasteiger charge is 2.21. The molecule has 27 heavy (non-hydrogen) atoms. The normalized spacial score (nSPS) is 15.2. The monoisotopic (exact) mass is 367 g/mol. The fraction of sp³-hybridized carbons (Fsp3) is 0.333. The van der Waals surface area contributed by atoms with E-state index in [-0.39, 0.29) is 18.3 Å². The molecule has 1 fully saturated rings. The number of hydrogen-bond donors (Lipinski definition) is 2. The molecule has 0 unspecified atom stereocenters. The number of nitrogens with zero attached hydrogens (tertiary/aromatic N) is 6. The molecule has 140 valence electrons. The van der Waals surface area contributed by atoms with Gasteiger partial charge in [0.15, 0.2) is 11.5 Å². The fourth-order valence-corrected chi connectivity index (χ4v) is 3.06. The molecule has 0 saturated carbocycles. The first-order valence-electron chi connectivity index (χ1n) is 8.84. The molecule has 4 rings (SSSR count). The van der Waals surface area contributed by atoms with Crippen molar-refractivity contribution in [2.75, 3.05) is 50.0 Å². The minimum Gasteiger partial charge on any atom is -0.414 e. The molecule has 3 heterocycles. The minimum absolute atomic E-state index is 0.173. The number of aliphatic hydroxyl groups is 1. The van der Waals surface area contributed by atoms with Crippen LogP contribution in [0.5, 0.6) is 0 Å². The lowest BCUT2D eigenvalue weighted by atomic mass is 10.2. The van der Waals surface area contributed by atoms with E-state index < -0.39 is 0 Å². The second-order valence-corrected chi connectivity index (χ2v) is 6.29. The SMILES string of the molecule is Nc1ncc(N2CCN(CCO)CC2)nc1-c1nnc(-c2ccccc2)o1. The van der Waals surface area contributed by atoms with E-state index in [1.165, 1.54) is 0 Å². The van der Waals surface area contributed by atoms with E-state index in [0.717, 1.165) is 37.6 Å². The average molecular weight is 367 g/mol. The molecule has 0 bridgehead atoms. The van der Waals surface area contributed by atoms with E-state index in [4.69, 9.17) is 15.3 Å². The Balaban J connectivity index is 1.56. The number of aliphatic hydroxyl groups excluding tert-OH is 1. The molecule has 2 aromatic heterocycles. The molecule has 0 amide bonds. The zero-order chi connectivity index (χ0) is 18.6. The number of aromatic nitrogens is 4. The molecule has 3 N–H and O–H groups in total. The first-order valence-corrected chi connectivity index (χ1v) is 8.84. The maximum atomic E-state index is 9.06. The Kier molecular flexibility index (Phi) is 4.95. The van der Waals surface area contributed by atoms with Crippen LogP contribution >= 0.6 is 0 Å². The van der Waals surface area contributed by atoms with Gasteiger partial charge in [-0.15, -0.1) is 10.2 Å². The van der Waals surface area contributed by atoms with E-state index in [9.17, 15) is 0 Å². The van der Waals surface area contributed by atoms with E-state index in [0.29, 0.717) is 18.1 Å². The van der Waals surface area contributed by atoms with Crippen molar-refractivity contribution in [2.45, 2.75) is 0 Å². The Morgan fingerprint density at radius 1 is 1.04 bits per heavy atom. The van der Waals surface area contributed by atoms with Crippen molar-refractivity contribution < 1.29 is 9.52 Å². The van der Waals surface area contributed by atoms with Crippen LogP contribution in [0.2, 0.25) is 0 Å². The Bertz CT molecular complexity index is 892. The number of benzene rings is 1. The Labute approximate surface area is 156 Å². The maximum absolute atomic E-state index is 9.06. The Morgan fingerprint density at radius 3 is 2.52 bits per heavy atom. The van der Waals surface area contributed by atoms with Crippen molar-refractivity contribution in [1.82, 2.24) is 25.1 Å². The van der Waals surface area contributed by atoms with Gasteiger partial charge in [0.05, 0.1) is 12.8 Å². The van der Waals surface area contributed by atoms with Crippen LogP contribution in [-0.4, -0.2) is 69.5 Å². The third-order valence-corrected chi connectivity index (χ3v) is 4.55. The molecule has 1 saturated heterocycles. The van der Waals surface area contributed by atoms with Crippen LogP contribution in [0, 0.1) is 0 Å². The molecule has 3 aromatic rings. The van der Waals surface area contributed by atoms with Gasteiger partial charge in [-0.1, -0.05) is 18.2 Å². The molecule has 0 spiro atoms. The van der Waals surface area contributed by atoms with Crippen LogP contribution in [0.15, 0.2) is 40.9 Å². The van der Waals surface area contributed by atoms with Crippen molar-refractivity contribution in [2.24, 2.45) is 0 Å². The minimum atomic E-state index is 0.173. The van der Waals surface area contributed by atoms with Gasteiger partial charge in [-0.05, 0) is 12.1 Å². The van der Waals surface area contributed by atoms with Gasteiger partial charge in [-0.25, -0.2) is 9.97 Å². The molecule has 1 aliphatic rings. The van der Waals surface area contributed by atoms with E-state index in [1.54, 1.807) is 6.20 Å². The summed E-state index contributed by atoms with van der Waals surface area (Å²) in [5.74, 6) is 1.64. The maximum Gasteiger partial charge on any atom is 0.270 e. The first kappa shape index (κ1) is 17.4. The lowest BCUT2D eigenvalue weighted by Gasteiger charge is -2.34. The number of piperazine rings is 1. The van der Waals surface area contributed by atoms with Crippen LogP contribution < -0.4 is 10.6 Å². The van der Waals surface area contributed by atoms with Gasteiger partial charge in [0.1, 0.15) is 5.82 Å². The quantitative estimate of drug-likeness (QED) is 0.678. The summed E-state index contributed by atoms with van der Waals surface area (Å²) in [6.07, 6.45) is 1.66. The van der Waals surface area contributed by atoms with E-state index >= 15 is 0 Å². The Hall–Kier alpha value is -3.04. The van der Waals surface area contributed by atoms with Crippen LogP contribution in [-0.2, 0) is 0 Å². The molecule has 0 atom stereocenters. The zero-order valence-corrected chi connectivity index (χ0v) is 14.8. The molecule has 0 radical (unpaired) electrons. The molecule has 1 aromatic carbocycles. The van der Waals surface area contributed by atoms with Gasteiger partial charge in [0, 0.05) is 38.3 Å². The predicted octanol–water partition coefficient (Wildman–Crippen LogP) is 0.890. The van der Waals surface area contributed by atoms with Crippen molar-refractivity contribution >= 4 is 11.6 Å². The highest BCUT2D eigenvalue weighted by atomic mass is 16.4. The molecule has 9 heteroatoms. The summed E-state index contributed by atoms with van der Waals surface area (Å²) in [5.41, 5.74) is 7.23. The summed E-state index contributed by atoms with van der Waals surface area (Å²) in [6.45, 7) is 4.19. The van der Waals surface area contributed by atoms with Crippen molar-refractivity contribution in [3.63, 3.8) is 0 Å². The number of rotatable bonds is 5. The average Bonchev–Trinajstić information content (AvgIpc) is 3.20. The third-order valence-electron chi connectivity index (χ3n) is 4.55. The summed E-state index contributed by atoms with van der Waals surface area (Å²) in [7, 11) is 0. The van der Waals surface area contributed by atoms with Gasteiger partial charge in [0.2, 0.25) is 5.89 Å². The first-order chi connectivity index (χ1) is 13.2. The number of nitrogens with two attached hydrogens (primary N) is 1. The fourth-order valence-electron chi connectivity index (χ4n) is 3.06. The predicted molar refractivity (Wildman–Crippen MR) is 101 cm³/mol. The number of nitrogen functional groups attached to an aromatic ring is 1. The zero-order valence-electron chi connectivity index (χ0n) is 14.8. The molecular weight excluding hydrogens is 346 g/mol. The van der Waals surface area contributed by atoms with Crippen LogP contribution in [0.25, 0.3) is 23.0 Å². The van der Waals surface area contributed by atoms with Crippen LogP contribution in [0.1, 0.15) is 0 Å². The van der Waals surface area contributed by atoms with Crippen LogP contribution in [0.4, 0.5) is 11.6 Å². The van der Waals surface area contributed by atoms with Gasteiger partial charge in [-0.2, -0.15) is 0 Å². The standard InChI is InChI=1S/C18H21N7O2/c19-16-15(18-23-22-17(27-18)13-4-2-1-3-5-13)21-14(12-20-16)25-8-6-24(7-9-25)10-11-26/h1-5,12,26H,6-11H2,(H2,19,20). The second-order valence-electron chi connectivity index (χ2n) is 6.29. The highest BCUT2D eigenvalue weighted by molar-refractivity contribution is 5.65.